The molecule has 0 aliphatic rings. The van der Waals surface area contributed by atoms with Crippen LogP contribution < -0.4 is 9.46 Å². The van der Waals surface area contributed by atoms with Gasteiger partial charge >= 0.3 is 0 Å². The number of sulfonamides is 1. The summed E-state index contributed by atoms with van der Waals surface area (Å²) in [6.07, 6.45) is 1.50. The Morgan fingerprint density at radius 2 is 2.11 bits per heavy atom. The second kappa shape index (κ2) is 6.48. The van der Waals surface area contributed by atoms with E-state index in [1.807, 2.05) is 6.92 Å². The van der Waals surface area contributed by atoms with Gasteiger partial charge in [0.25, 0.3) is 5.69 Å². The monoisotopic (exact) mass is 288 g/mol. The summed E-state index contributed by atoms with van der Waals surface area (Å²) in [4.78, 5) is 9.83. The van der Waals surface area contributed by atoms with Crippen molar-refractivity contribution in [3.63, 3.8) is 0 Å². The molecule has 0 radical (unpaired) electrons. The molecule has 0 bridgehead atoms. The highest BCUT2D eigenvalue weighted by Crippen LogP contribution is 2.28. The lowest BCUT2D eigenvalue weighted by Gasteiger charge is -2.08. The zero-order valence-electron chi connectivity index (χ0n) is 10.8. The minimum atomic E-state index is -3.88. The van der Waals surface area contributed by atoms with Gasteiger partial charge in [-0.15, -0.1) is 0 Å². The SMILES string of the molecule is CCCCNS(=O)(=O)c1ccc(OC)cc1[N+](=O)[O-]. The highest BCUT2D eigenvalue weighted by Gasteiger charge is 2.25. The molecular formula is C11H16N2O5S. The van der Waals surface area contributed by atoms with Crippen molar-refractivity contribution in [3.8, 4) is 5.75 Å². The Hall–Kier alpha value is -1.67. The second-order valence-electron chi connectivity index (χ2n) is 3.84. The summed E-state index contributed by atoms with van der Waals surface area (Å²) in [6, 6.07) is 3.64. The van der Waals surface area contributed by atoms with E-state index in [0.29, 0.717) is 6.42 Å². The summed E-state index contributed by atoms with van der Waals surface area (Å²) in [6.45, 7) is 2.17. The van der Waals surface area contributed by atoms with Gasteiger partial charge in [0.05, 0.1) is 18.1 Å². The molecule has 0 saturated carbocycles. The van der Waals surface area contributed by atoms with E-state index in [0.717, 1.165) is 12.5 Å². The Bertz CT molecular complexity index is 556. The Balaban J connectivity index is 3.15. The van der Waals surface area contributed by atoms with Crippen LogP contribution in [0.4, 0.5) is 5.69 Å². The summed E-state index contributed by atoms with van der Waals surface area (Å²) < 4.78 is 31.1. The molecule has 1 N–H and O–H groups in total. The topological polar surface area (TPSA) is 98.5 Å². The van der Waals surface area contributed by atoms with Gasteiger partial charge in [-0.1, -0.05) is 13.3 Å². The van der Waals surface area contributed by atoms with Crippen molar-refractivity contribution in [3.05, 3.63) is 28.3 Å². The van der Waals surface area contributed by atoms with E-state index < -0.39 is 20.6 Å². The molecule has 19 heavy (non-hydrogen) atoms. The number of rotatable bonds is 7. The summed E-state index contributed by atoms with van der Waals surface area (Å²) >= 11 is 0. The first-order valence-corrected chi connectivity index (χ1v) is 7.22. The van der Waals surface area contributed by atoms with Crippen molar-refractivity contribution < 1.29 is 18.1 Å². The maximum absolute atomic E-state index is 12.0. The van der Waals surface area contributed by atoms with Crippen molar-refractivity contribution in [1.29, 1.82) is 0 Å². The lowest BCUT2D eigenvalue weighted by Crippen LogP contribution is -2.25. The van der Waals surface area contributed by atoms with Crippen LogP contribution in [-0.2, 0) is 10.0 Å². The van der Waals surface area contributed by atoms with Crippen LogP contribution in [0.15, 0.2) is 23.1 Å². The van der Waals surface area contributed by atoms with Crippen LogP contribution in [0.3, 0.4) is 0 Å². The molecule has 0 unspecified atom stereocenters. The molecule has 0 amide bonds. The van der Waals surface area contributed by atoms with Gasteiger partial charge in [0.2, 0.25) is 10.0 Å². The van der Waals surface area contributed by atoms with Crippen molar-refractivity contribution in [1.82, 2.24) is 4.72 Å². The molecule has 0 fully saturated rings. The average molecular weight is 288 g/mol. The first-order valence-electron chi connectivity index (χ1n) is 5.74. The Morgan fingerprint density at radius 1 is 1.42 bits per heavy atom. The van der Waals surface area contributed by atoms with Crippen LogP contribution in [0.5, 0.6) is 5.75 Å². The lowest BCUT2D eigenvalue weighted by molar-refractivity contribution is -0.387. The Morgan fingerprint density at radius 3 is 2.63 bits per heavy atom. The van der Waals surface area contributed by atoms with Crippen LogP contribution in [0.25, 0.3) is 0 Å². The van der Waals surface area contributed by atoms with E-state index in [4.69, 9.17) is 4.74 Å². The fraction of sp³-hybridized carbons (Fsp3) is 0.455. The maximum Gasteiger partial charge on any atom is 0.293 e. The maximum atomic E-state index is 12.0. The molecule has 0 aromatic heterocycles. The van der Waals surface area contributed by atoms with Gasteiger partial charge in [0, 0.05) is 6.54 Å². The molecule has 0 spiro atoms. The largest absolute Gasteiger partial charge is 0.497 e. The third-order valence-corrected chi connectivity index (χ3v) is 3.98. The zero-order chi connectivity index (χ0) is 14.5. The summed E-state index contributed by atoms with van der Waals surface area (Å²) in [5.74, 6) is 0.235. The van der Waals surface area contributed by atoms with E-state index in [1.54, 1.807) is 0 Å². The van der Waals surface area contributed by atoms with E-state index in [-0.39, 0.29) is 17.2 Å². The first-order chi connectivity index (χ1) is 8.92. The highest BCUT2D eigenvalue weighted by molar-refractivity contribution is 7.89. The van der Waals surface area contributed by atoms with Crippen LogP contribution >= 0.6 is 0 Å². The van der Waals surface area contributed by atoms with Gasteiger partial charge in [0.1, 0.15) is 5.75 Å². The van der Waals surface area contributed by atoms with E-state index in [1.165, 1.54) is 19.2 Å². The Labute approximate surface area is 111 Å². The number of hydrogen-bond donors (Lipinski definition) is 1. The standard InChI is InChI=1S/C11H16N2O5S/c1-3-4-7-12-19(16,17)11-6-5-9(18-2)8-10(11)13(14)15/h5-6,8,12H,3-4,7H2,1-2H3. The predicted molar refractivity (Wildman–Crippen MR) is 69.7 cm³/mol. The summed E-state index contributed by atoms with van der Waals surface area (Å²) in [5.41, 5.74) is -0.497. The highest BCUT2D eigenvalue weighted by atomic mass is 32.2. The molecule has 7 nitrogen and oxygen atoms in total. The number of methoxy groups -OCH3 is 1. The smallest absolute Gasteiger partial charge is 0.293 e. The fourth-order valence-corrected chi connectivity index (χ4v) is 2.68. The number of nitrogens with zero attached hydrogens (tertiary/aromatic N) is 1. The lowest BCUT2D eigenvalue weighted by atomic mass is 10.3. The number of nitro groups is 1. The van der Waals surface area contributed by atoms with Crippen molar-refractivity contribution in [2.24, 2.45) is 0 Å². The molecule has 0 aliphatic heterocycles. The Kier molecular flexibility index (Phi) is 5.25. The number of benzene rings is 1. The van der Waals surface area contributed by atoms with E-state index >= 15 is 0 Å². The normalized spacial score (nSPS) is 11.3. The van der Waals surface area contributed by atoms with Gasteiger partial charge in [-0.3, -0.25) is 10.1 Å². The van der Waals surface area contributed by atoms with E-state index in [2.05, 4.69) is 4.72 Å². The van der Waals surface area contributed by atoms with Gasteiger partial charge in [-0.25, -0.2) is 13.1 Å². The zero-order valence-corrected chi connectivity index (χ0v) is 11.6. The van der Waals surface area contributed by atoms with Gasteiger partial charge < -0.3 is 4.74 Å². The number of unbranched alkanes of at least 4 members (excludes halogenated alkanes) is 1. The predicted octanol–water partition coefficient (Wildman–Crippen LogP) is 1.68. The second-order valence-corrected chi connectivity index (χ2v) is 5.58. The molecular weight excluding hydrogens is 272 g/mol. The number of hydrogen-bond acceptors (Lipinski definition) is 5. The number of nitrogens with one attached hydrogen (secondary N) is 1. The van der Waals surface area contributed by atoms with Crippen LogP contribution in [0, 0.1) is 10.1 Å². The third kappa shape index (κ3) is 3.90. The molecule has 1 rings (SSSR count). The fourth-order valence-electron chi connectivity index (χ4n) is 1.46. The molecule has 0 atom stereocenters. The first kappa shape index (κ1) is 15.4. The summed E-state index contributed by atoms with van der Waals surface area (Å²) in [5, 5.41) is 10.9. The number of nitro benzene ring substituents is 1. The van der Waals surface area contributed by atoms with Crippen LogP contribution in [-0.4, -0.2) is 27.0 Å². The molecule has 1 aromatic carbocycles. The third-order valence-electron chi connectivity index (χ3n) is 2.47. The molecule has 1 aromatic rings. The number of ether oxygens (including phenoxy) is 1. The van der Waals surface area contributed by atoms with Crippen LogP contribution in [0.1, 0.15) is 19.8 Å². The van der Waals surface area contributed by atoms with Crippen molar-refractivity contribution >= 4 is 15.7 Å². The molecule has 0 heterocycles. The molecule has 0 aliphatic carbocycles. The molecule has 8 heteroatoms. The van der Waals surface area contributed by atoms with Crippen molar-refractivity contribution in [2.45, 2.75) is 24.7 Å². The van der Waals surface area contributed by atoms with Crippen LogP contribution in [0.2, 0.25) is 0 Å². The van der Waals surface area contributed by atoms with E-state index in [9.17, 15) is 18.5 Å². The van der Waals surface area contributed by atoms with Crippen molar-refractivity contribution in [2.75, 3.05) is 13.7 Å². The van der Waals surface area contributed by atoms with Gasteiger partial charge in [-0.05, 0) is 18.6 Å². The molecule has 106 valence electrons. The minimum Gasteiger partial charge on any atom is -0.497 e. The van der Waals surface area contributed by atoms with Gasteiger partial charge in [-0.2, -0.15) is 0 Å². The minimum absolute atomic E-state index is 0.235. The summed E-state index contributed by atoms with van der Waals surface area (Å²) in [7, 11) is -2.53. The van der Waals surface area contributed by atoms with Gasteiger partial charge in [0.15, 0.2) is 4.90 Å². The average Bonchev–Trinajstić information content (AvgIpc) is 2.38. The quantitative estimate of drug-likeness (QED) is 0.467. The molecule has 0 saturated heterocycles.